The van der Waals surface area contributed by atoms with Gasteiger partial charge in [0.05, 0.1) is 5.76 Å². The molecule has 118 valence electrons. The molecule has 0 aliphatic heterocycles. The zero-order valence-corrected chi connectivity index (χ0v) is 14.5. The largest absolute Gasteiger partial charge is 0.495 e. The van der Waals surface area contributed by atoms with Gasteiger partial charge in [-0.2, -0.15) is 0 Å². The fraction of sp³-hybridized carbons (Fsp3) is 0.895. The van der Waals surface area contributed by atoms with Crippen LogP contribution in [0.15, 0.2) is 12.3 Å². The van der Waals surface area contributed by atoms with Crippen LogP contribution < -0.4 is 0 Å². The molecule has 4 unspecified atom stereocenters. The van der Waals surface area contributed by atoms with Gasteiger partial charge in [-0.25, -0.2) is 0 Å². The van der Waals surface area contributed by atoms with Gasteiger partial charge in [-0.05, 0) is 49.9 Å². The zero-order chi connectivity index (χ0) is 15.1. The van der Waals surface area contributed by atoms with E-state index in [4.69, 9.17) is 4.74 Å². The summed E-state index contributed by atoms with van der Waals surface area (Å²) in [6.45, 7) is 15.9. The van der Waals surface area contributed by atoms with Crippen molar-refractivity contribution in [3.8, 4) is 0 Å². The topological polar surface area (TPSA) is 9.23 Å². The first kappa shape index (κ1) is 17.6. The van der Waals surface area contributed by atoms with Crippen LogP contribution in [-0.4, -0.2) is 6.10 Å². The van der Waals surface area contributed by atoms with E-state index in [0.717, 1.165) is 17.6 Å². The highest BCUT2D eigenvalue weighted by molar-refractivity contribution is 4.95. The average molecular weight is 280 g/mol. The van der Waals surface area contributed by atoms with E-state index in [2.05, 4.69) is 41.2 Å². The van der Waals surface area contributed by atoms with Crippen LogP contribution in [-0.2, 0) is 4.74 Å². The SMILES string of the molecule is C=C(OC1C(C)CC(C)CC1CC)C(CCC)CCC. The van der Waals surface area contributed by atoms with E-state index in [0.29, 0.717) is 17.9 Å². The van der Waals surface area contributed by atoms with Gasteiger partial charge in [0, 0.05) is 5.92 Å². The molecule has 0 aromatic rings. The summed E-state index contributed by atoms with van der Waals surface area (Å²) in [4.78, 5) is 0. The molecule has 0 radical (unpaired) electrons. The lowest BCUT2D eigenvalue weighted by Gasteiger charge is -2.40. The molecule has 1 aliphatic carbocycles. The van der Waals surface area contributed by atoms with Crippen LogP contribution in [0.25, 0.3) is 0 Å². The summed E-state index contributed by atoms with van der Waals surface area (Å²) in [5, 5.41) is 0. The molecule has 20 heavy (non-hydrogen) atoms. The molecule has 0 heterocycles. The Bertz CT molecular complexity index is 277. The fourth-order valence-electron chi connectivity index (χ4n) is 4.03. The van der Waals surface area contributed by atoms with E-state index in [1.54, 1.807) is 0 Å². The van der Waals surface area contributed by atoms with Gasteiger partial charge in [0.15, 0.2) is 0 Å². The minimum Gasteiger partial charge on any atom is -0.495 e. The van der Waals surface area contributed by atoms with Crippen LogP contribution >= 0.6 is 0 Å². The Morgan fingerprint density at radius 1 is 1.10 bits per heavy atom. The van der Waals surface area contributed by atoms with Gasteiger partial charge < -0.3 is 4.74 Å². The molecule has 0 N–H and O–H groups in total. The Labute approximate surface area is 127 Å². The molecule has 1 aliphatic rings. The van der Waals surface area contributed by atoms with Gasteiger partial charge >= 0.3 is 0 Å². The Morgan fingerprint density at radius 3 is 2.20 bits per heavy atom. The molecule has 0 aromatic heterocycles. The highest BCUT2D eigenvalue weighted by Gasteiger charge is 2.35. The Balaban J connectivity index is 2.65. The molecule has 0 amide bonds. The molecule has 1 heteroatoms. The summed E-state index contributed by atoms with van der Waals surface area (Å²) in [7, 11) is 0. The minimum atomic E-state index is 0.403. The average Bonchev–Trinajstić information content (AvgIpc) is 2.41. The molecule has 1 saturated carbocycles. The van der Waals surface area contributed by atoms with E-state index >= 15 is 0 Å². The monoisotopic (exact) mass is 280 g/mol. The molecule has 1 nitrogen and oxygen atoms in total. The van der Waals surface area contributed by atoms with Gasteiger partial charge in [0.2, 0.25) is 0 Å². The molecule has 0 bridgehead atoms. The summed E-state index contributed by atoms with van der Waals surface area (Å²) in [5.41, 5.74) is 0. The predicted octanol–water partition coefficient (Wildman–Crippen LogP) is 6.19. The lowest BCUT2D eigenvalue weighted by Crippen LogP contribution is -2.37. The second-order valence-electron chi connectivity index (χ2n) is 7.05. The van der Waals surface area contributed by atoms with E-state index in [1.807, 2.05) is 0 Å². The normalized spacial score (nSPS) is 30.5. The Morgan fingerprint density at radius 2 is 1.70 bits per heavy atom. The van der Waals surface area contributed by atoms with E-state index < -0.39 is 0 Å². The lowest BCUT2D eigenvalue weighted by atomic mass is 9.73. The number of rotatable bonds is 8. The van der Waals surface area contributed by atoms with E-state index in [-0.39, 0.29) is 0 Å². The third-order valence-corrected chi connectivity index (χ3v) is 5.05. The van der Waals surface area contributed by atoms with E-state index in [1.165, 1.54) is 44.9 Å². The molecule has 0 saturated heterocycles. The lowest BCUT2D eigenvalue weighted by molar-refractivity contribution is -0.0309. The van der Waals surface area contributed by atoms with Crippen molar-refractivity contribution in [2.75, 3.05) is 0 Å². The molecule has 4 atom stereocenters. The molecular formula is C19H36O. The smallest absolute Gasteiger partial charge is 0.104 e. The van der Waals surface area contributed by atoms with Crippen LogP contribution in [0.5, 0.6) is 0 Å². The molecule has 1 fully saturated rings. The van der Waals surface area contributed by atoms with Crippen LogP contribution in [0.1, 0.15) is 79.6 Å². The zero-order valence-electron chi connectivity index (χ0n) is 14.5. The molecule has 1 rings (SSSR count). The van der Waals surface area contributed by atoms with Crippen LogP contribution in [0.3, 0.4) is 0 Å². The maximum absolute atomic E-state index is 6.43. The molecular weight excluding hydrogens is 244 g/mol. The van der Waals surface area contributed by atoms with Gasteiger partial charge in [0.1, 0.15) is 6.10 Å². The summed E-state index contributed by atoms with van der Waals surface area (Å²) < 4.78 is 6.43. The standard InChI is InChI=1S/C19H36O/c1-7-10-18(11-8-2)16(6)20-19-15(5)12-14(4)13-17(19)9-3/h14-15,17-19H,6-13H2,1-5H3. The van der Waals surface area contributed by atoms with Crippen molar-refractivity contribution < 1.29 is 4.74 Å². The first-order valence-electron chi connectivity index (χ1n) is 8.88. The Hall–Kier alpha value is -0.460. The van der Waals surface area contributed by atoms with E-state index in [9.17, 15) is 0 Å². The number of hydrogen-bond acceptors (Lipinski definition) is 1. The first-order valence-corrected chi connectivity index (χ1v) is 8.88. The second-order valence-corrected chi connectivity index (χ2v) is 7.05. The van der Waals surface area contributed by atoms with Crippen molar-refractivity contribution in [3.05, 3.63) is 12.3 Å². The van der Waals surface area contributed by atoms with Crippen molar-refractivity contribution in [3.63, 3.8) is 0 Å². The molecule has 0 aromatic carbocycles. The second kappa shape index (κ2) is 8.74. The first-order chi connectivity index (χ1) is 9.53. The predicted molar refractivity (Wildman–Crippen MR) is 88.7 cm³/mol. The van der Waals surface area contributed by atoms with Crippen LogP contribution in [0.2, 0.25) is 0 Å². The van der Waals surface area contributed by atoms with Crippen molar-refractivity contribution in [2.24, 2.45) is 23.7 Å². The van der Waals surface area contributed by atoms with Gasteiger partial charge in [-0.3, -0.25) is 0 Å². The number of ether oxygens (including phenoxy) is 1. The summed E-state index contributed by atoms with van der Waals surface area (Å²) >= 11 is 0. The van der Waals surface area contributed by atoms with Gasteiger partial charge in [-0.15, -0.1) is 0 Å². The number of hydrogen-bond donors (Lipinski definition) is 0. The highest BCUT2D eigenvalue weighted by Crippen LogP contribution is 2.39. The third-order valence-electron chi connectivity index (χ3n) is 5.05. The van der Waals surface area contributed by atoms with Crippen molar-refractivity contribution in [1.29, 1.82) is 0 Å². The highest BCUT2D eigenvalue weighted by atomic mass is 16.5. The quantitative estimate of drug-likeness (QED) is 0.481. The van der Waals surface area contributed by atoms with Crippen LogP contribution in [0.4, 0.5) is 0 Å². The maximum atomic E-state index is 6.43. The molecule has 0 spiro atoms. The maximum Gasteiger partial charge on any atom is 0.104 e. The van der Waals surface area contributed by atoms with Crippen molar-refractivity contribution in [2.45, 2.75) is 85.7 Å². The van der Waals surface area contributed by atoms with Crippen molar-refractivity contribution >= 4 is 0 Å². The number of allylic oxidation sites excluding steroid dienone is 1. The minimum absolute atomic E-state index is 0.403. The van der Waals surface area contributed by atoms with Gasteiger partial charge in [-0.1, -0.05) is 54.0 Å². The summed E-state index contributed by atoms with van der Waals surface area (Å²) in [5.74, 6) is 3.87. The summed E-state index contributed by atoms with van der Waals surface area (Å²) in [6, 6.07) is 0. The van der Waals surface area contributed by atoms with Gasteiger partial charge in [0.25, 0.3) is 0 Å². The fourth-order valence-corrected chi connectivity index (χ4v) is 4.03. The third kappa shape index (κ3) is 4.82. The van der Waals surface area contributed by atoms with Crippen LogP contribution in [0, 0.1) is 23.7 Å². The summed E-state index contributed by atoms with van der Waals surface area (Å²) in [6.07, 6.45) is 9.16. The Kier molecular flexibility index (Phi) is 7.69. The van der Waals surface area contributed by atoms with Crippen molar-refractivity contribution in [1.82, 2.24) is 0 Å².